The molecule has 4 saturated carbocycles. The molecular weight excluding hydrogens is 486 g/mol. The Labute approximate surface area is 233 Å². The van der Waals surface area contributed by atoms with Crippen molar-refractivity contribution in [3.05, 3.63) is 58.7 Å². The van der Waals surface area contributed by atoms with Crippen molar-refractivity contribution >= 4 is 0 Å². The first-order chi connectivity index (χ1) is 18.9. The van der Waals surface area contributed by atoms with Gasteiger partial charge in [0.25, 0.3) is 0 Å². The number of likely N-dealkylation sites (N-methyl/N-ethyl adjacent to an activating group) is 1. The Balaban J connectivity index is 1.22. The molecular formula is C34H44NO4+. The van der Waals surface area contributed by atoms with Crippen molar-refractivity contribution in [2.24, 2.45) is 17.3 Å². The zero-order valence-electron chi connectivity index (χ0n) is 24.1. The summed E-state index contributed by atoms with van der Waals surface area (Å²) in [6.45, 7) is 6.09. The highest BCUT2D eigenvalue weighted by atomic mass is 16.6. The zero-order valence-corrected chi connectivity index (χ0v) is 24.1. The summed E-state index contributed by atoms with van der Waals surface area (Å²) in [5.74, 6) is 3.15. The molecule has 208 valence electrons. The Morgan fingerprint density at radius 1 is 1.03 bits per heavy atom. The van der Waals surface area contributed by atoms with Crippen molar-refractivity contribution in [1.29, 1.82) is 0 Å². The van der Waals surface area contributed by atoms with E-state index in [1.165, 1.54) is 71.9 Å². The number of aryl methyl sites for hydroxylation is 1. The quantitative estimate of drug-likeness (QED) is 0.417. The van der Waals surface area contributed by atoms with Crippen LogP contribution in [-0.4, -0.2) is 63.2 Å². The van der Waals surface area contributed by atoms with Crippen LogP contribution < -0.4 is 9.47 Å². The van der Waals surface area contributed by atoms with Crippen molar-refractivity contribution in [3.63, 3.8) is 0 Å². The van der Waals surface area contributed by atoms with Crippen LogP contribution in [0.25, 0.3) is 0 Å². The molecule has 7 atom stereocenters. The molecule has 2 aromatic carbocycles. The zero-order chi connectivity index (χ0) is 26.6. The van der Waals surface area contributed by atoms with Crippen molar-refractivity contribution in [2.45, 2.75) is 81.6 Å². The van der Waals surface area contributed by atoms with E-state index in [1.807, 2.05) is 7.11 Å². The summed E-state index contributed by atoms with van der Waals surface area (Å²) in [5, 5.41) is 0. The molecule has 0 radical (unpaired) electrons. The Kier molecular flexibility index (Phi) is 5.22. The lowest BCUT2D eigenvalue weighted by Gasteiger charge is -2.74. The van der Waals surface area contributed by atoms with Crippen LogP contribution in [0, 0.1) is 24.2 Å². The third-order valence-corrected chi connectivity index (χ3v) is 12.4. The van der Waals surface area contributed by atoms with E-state index < -0.39 is 0 Å². The van der Waals surface area contributed by atoms with Gasteiger partial charge in [0.05, 0.1) is 51.9 Å². The minimum atomic E-state index is -0.338. The number of hydrogen-bond donors (Lipinski definition) is 0. The van der Waals surface area contributed by atoms with Crippen molar-refractivity contribution in [3.8, 4) is 11.5 Å². The number of ether oxygens (including phenoxy) is 4. The van der Waals surface area contributed by atoms with Crippen LogP contribution in [0.4, 0.5) is 0 Å². The predicted octanol–water partition coefficient (Wildman–Crippen LogP) is 5.59. The summed E-state index contributed by atoms with van der Waals surface area (Å²) in [6.07, 6.45) is 8.67. The van der Waals surface area contributed by atoms with E-state index in [-0.39, 0.29) is 22.5 Å². The van der Waals surface area contributed by atoms with Crippen LogP contribution in [0.15, 0.2) is 36.4 Å². The Hall–Kier alpha value is -2.08. The summed E-state index contributed by atoms with van der Waals surface area (Å²) in [5.41, 5.74) is 5.41. The van der Waals surface area contributed by atoms with E-state index in [9.17, 15) is 0 Å². The topological polar surface area (TPSA) is 36.9 Å². The number of fused-ring (bicyclic) bond motifs is 2. The molecule has 7 aliphatic rings. The van der Waals surface area contributed by atoms with Crippen molar-refractivity contribution in [1.82, 2.24) is 0 Å². The number of rotatable bonds is 8. The number of hydrogen-bond acceptors (Lipinski definition) is 4. The molecule has 4 bridgehead atoms. The minimum Gasteiger partial charge on any atom is -0.493 e. The molecule has 2 spiro atoms. The summed E-state index contributed by atoms with van der Waals surface area (Å²) in [6, 6.07) is 13.9. The summed E-state index contributed by atoms with van der Waals surface area (Å²) < 4.78 is 27.6. The highest BCUT2D eigenvalue weighted by molar-refractivity contribution is 5.63. The van der Waals surface area contributed by atoms with E-state index in [2.05, 4.69) is 50.4 Å². The van der Waals surface area contributed by atoms with Gasteiger partial charge < -0.3 is 23.4 Å². The third-order valence-electron chi connectivity index (χ3n) is 12.4. The molecule has 1 saturated heterocycles. The molecule has 39 heavy (non-hydrogen) atoms. The molecule has 5 heteroatoms. The van der Waals surface area contributed by atoms with Crippen LogP contribution in [0.1, 0.15) is 60.8 Å². The summed E-state index contributed by atoms with van der Waals surface area (Å²) in [7, 11) is 6.32. The molecule has 5 nitrogen and oxygen atoms in total. The number of piperidine rings is 1. The van der Waals surface area contributed by atoms with Gasteiger partial charge in [-0.05, 0) is 56.2 Å². The third kappa shape index (κ3) is 3.08. The number of benzene rings is 2. The lowest BCUT2D eigenvalue weighted by molar-refractivity contribution is -0.952. The van der Waals surface area contributed by atoms with E-state index in [0.29, 0.717) is 18.6 Å². The first-order valence-electron chi connectivity index (χ1n) is 15.3. The number of methoxy groups -OCH3 is 2. The van der Waals surface area contributed by atoms with Crippen molar-refractivity contribution < 1.29 is 23.4 Å². The van der Waals surface area contributed by atoms with Gasteiger partial charge in [-0.2, -0.15) is 0 Å². The summed E-state index contributed by atoms with van der Waals surface area (Å²) >= 11 is 0. The molecule has 9 rings (SSSR count). The molecule has 0 amide bonds. The molecule has 2 aliphatic heterocycles. The molecule has 5 aliphatic carbocycles. The van der Waals surface area contributed by atoms with E-state index in [4.69, 9.17) is 18.9 Å². The van der Waals surface area contributed by atoms with Gasteiger partial charge >= 0.3 is 0 Å². The van der Waals surface area contributed by atoms with Crippen LogP contribution in [-0.2, 0) is 27.9 Å². The SMILES string of the molecule is COc1ccc2c3c1O[C@H]1[C@@]4(OC)CC[C@@]5(C[C@@H]4COCc4ccc(C)cc4)[C@@H](C2)[N+](C)(CC2CC2)CC[C@]315. The maximum atomic E-state index is 7.18. The monoisotopic (exact) mass is 530 g/mol. The molecule has 2 heterocycles. The van der Waals surface area contributed by atoms with Gasteiger partial charge in [0.1, 0.15) is 11.7 Å². The van der Waals surface area contributed by atoms with Crippen molar-refractivity contribution in [2.75, 3.05) is 41.0 Å². The van der Waals surface area contributed by atoms with E-state index >= 15 is 0 Å². The standard InChI is InChI=1S/C34H44NO4/c1-22-5-7-24(8-6-22)20-38-21-26-18-32-13-14-34(26,37-4)31-33(32)15-16-35(2,19-23-9-10-23)28(32)17-25-11-12-27(36-3)30(39-31)29(25)33/h5-8,11-12,23,26,28,31H,9-10,13-21H2,1-4H3/q+1/t26-,28-,31-,32-,33+,34-,35?/m1/s1. The van der Waals surface area contributed by atoms with Gasteiger partial charge in [-0.15, -0.1) is 0 Å². The maximum absolute atomic E-state index is 7.18. The second kappa shape index (κ2) is 8.24. The maximum Gasteiger partial charge on any atom is 0.165 e. The largest absolute Gasteiger partial charge is 0.493 e. The number of quaternary nitrogens is 1. The fraction of sp³-hybridized carbons (Fsp3) is 0.647. The Morgan fingerprint density at radius 3 is 2.59 bits per heavy atom. The normalized spacial score (nSPS) is 40.8. The minimum absolute atomic E-state index is 0.0121. The highest BCUT2D eigenvalue weighted by Gasteiger charge is 2.83. The van der Waals surface area contributed by atoms with Crippen LogP contribution >= 0.6 is 0 Å². The van der Waals surface area contributed by atoms with Gasteiger partial charge in [-0.3, -0.25) is 0 Å². The van der Waals surface area contributed by atoms with E-state index in [1.54, 1.807) is 7.11 Å². The average molecular weight is 531 g/mol. The fourth-order valence-corrected chi connectivity index (χ4v) is 10.6. The summed E-state index contributed by atoms with van der Waals surface area (Å²) in [4.78, 5) is 0. The van der Waals surface area contributed by atoms with Crippen LogP contribution in [0.3, 0.4) is 0 Å². The molecule has 0 aromatic heterocycles. The molecule has 2 aromatic rings. The number of nitrogens with zero attached hydrogens (tertiary/aromatic N) is 1. The highest BCUT2D eigenvalue weighted by Crippen LogP contribution is 2.77. The van der Waals surface area contributed by atoms with Crippen LogP contribution in [0.5, 0.6) is 11.5 Å². The van der Waals surface area contributed by atoms with Gasteiger partial charge in [-0.1, -0.05) is 35.9 Å². The first-order valence-corrected chi connectivity index (χ1v) is 15.3. The second-order valence-electron chi connectivity index (χ2n) is 14.1. The van der Waals surface area contributed by atoms with Crippen LogP contribution in [0.2, 0.25) is 0 Å². The van der Waals surface area contributed by atoms with Gasteiger partial charge in [0.2, 0.25) is 0 Å². The smallest absolute Gasteiger partial charge is 0.165 e. The number of likely N-dealkylation sites (tertiary alicyclic amines) is 1. The van der Waals surface area contributed by atoms with Gasteiger partial charge in [0, 0.05) is 42.8 Å². The van der Waals surface area contributed by atoms with Gasteiger partial charge in [-0.25, -0.2) is 0 Å². The molecule has 0 N–H and O–H groups in total. The molecule has 5 fully saturated rings. The van der Waals surface area contributed by atoms with E-state index in [0.717, 1.165) is 36.9 Å². The predicted molar refractivity (Wildman–Crippen MR) is 150 cm³/mol. The lowest BCUT2D eigenvalue weighted by Crippen LogP contribution is -2.83. The Morgan fingerprint density at radius 2 is 1.85 bits per heavy atom. The lowest BCUT2D eigenvalue weighted by atomic mass is 9.34. The fourth-order valence-electron chi connectivity index (χ4n) is 10.6. The average Bonchev–Trinajstić information content (AvgIpc) is 3.68. The second-order valence-corrected chi connectivity index (χ2v) is 14.1. The first kappa shape index (κ1) is 24.7. The van der Waals surface area contributed by atoms with Gasteiger partial charge in [0.15, 0.2) is 11.5 Å². The Bertz CT molecular complexity index is 1310. The molecule has 1 unspecified atom stereocenters.